The maximum Gasteiger partial charge on any atom is 0.229 e. The smallest absolute Gasteiger partial charge is 0.229 e. The highest BCUT2D eigenvalue weighted by molar-refractivity contribution is 5.63. The third-order valence-electron chi connectivity index (χ3n) is 5.11. The van der Waals surface area contributed by atoms with Crippen molar-refractivity contribution in [3.8, 4) is 6.07 Å². The van der Waals surface area contributed by atoms with Gasteiger partial charge in [0.05, 0.1) is 11.3 Å². The van der Waals surface area contributed by atoms with Gasteiger partial charge < -0.3 is 15.1 Å². The standard InChI is InChI=1S/C23H24N6/c1-17-6-5-8-20(14-17)28-10-12-29(13-11-28)22-15-18(2)25-23(27-22)26-21-9-4-3-7-19(21)16-24/h3-9,14-15H,10-13H2,1-2H3,(H,25,26,27). The average Bonchev–Trinajstić information content (AvgIpc) is 2.74. The summed E-state index contributed by atoms with van der Waals surface area (Å²) in [7, 11) is 0. The number of nitrogens with one attached hydrogen (secondary N) is 1. The van der Waals surface area contributed by atoms with Gasteiger partial charge in [-0.2, -0.15) is 10.2 Å². The lowest BCUT2D eigenvalue weighted by atomic mass is 10.2. The van der Waals surface area contributed by atoms with Gasteiger partial charge in [-0.15, -0.1) is 0 Å². The lowest BCUT2D eigenvalue weighted by Crippen LogP contribution is -2.47. The molecule has 29 heavy (non-hydrogen) atoms. The summed E-state index contributed by atoms with van der Waals surface area (Å²) >= 11 is 0. The van der Waals surface area contributed by atoms with Crippen molar-refractivity contribution in [2.75, 3.05) is 41.3 Å². The number of para-hydroxylation sites is 1. The summed E-state index contributed by atoms with van der Waals surface area (Å²) in [5.74, 6) is 1.43. The molecule has 0 saturated carbocycles. The average molecular weight is 384 g/mol. The van der Waals surface area contributed by atoms with Crippen LogP contribution in [0.5, 0.6) is 0 Å². The number of nitrogens with zero attached hydrogens (tertiary/aromatic N) is 5. The number of aromatic nitrogens is 2. The van der Waals surface area contributed by atoms with Crippen molar-refractivity contribution in [1.82, 2.24) is 9.97 Å². The molecule has 6 heteroatoms. The third kappa shape index (κ3) is 4.30. The first-order chi connectivity index (χ1) is 14.1. The lowest BCUT2D eigenvalue weighted by molar-refractivity contribution is 0.646. The molecule has 1 aliphatic heterocycles. The Labute approximate surface area is 171 Å². The second-order valence-corrected chi connectivity index (χ2v) is 7.29. The molecule has 146 valence electrons. The van der Waals surface area contributed by atoms with Crippen molar-refractivity contribution in [3.05, 3.63) is 71.4 Å². The van der Waals surface area contributed by atoms with E-state index < -0.39 is 0 Å². The fourth-order valence-corrected chi connectivity index (χ4v) is 3.60. The molecule has 1 aliphatic rings. The Bertz CT molecular complexity index is 1050. The molecular weight excluding hydrogens is 360 g/mol. The van der Waals surface area contributed by atoms with E-state index in [-0.39, 0.29) is 0 Å². The van der Waals surface area contributed by atoms with Crippen LogP contribution >= 0.6 is 0 Å². The summed E-state index contributed by atoms with van der Waals surface area (Å²) in [5.41, 5.74) is 4.75. The summed E-state index contributed by atoms with van der Waals surface area (Å²) in [6.07, 6.45) is 0. The number of hydrogen-bond acceptors (Lipinski definition) is 6. The summed E-state index contributed by atoms with van der Waals surface area (Å²) in [6.45, 7) is 7.80. The van der Waals surface area contributed by atoms with E-state index in [0.717, 1.165) is 43.4 Å². The third-order valence-corrected chi connectivity index (χ3v) is 5.11. The number of piperazine rings is 1. The van der Waals surface area contributed by atoms with Gasteiger partial charge in [-0.05, 0) is 43.7 Å². The van der Waals surface area contributed by atoms with Gasteiger partial charge in [0, 0.05) is 43.6 Å². The SMILES string of the molecule is Cc1cccc(N2CCN(c3cc(C)nc(Nc4ccccc4C#N)n3)CC2)c1. The molecule has 1 N–H and O–H groups in total. The topological polar surface area (TPSA) is 68.1 Å². The van der Waals surface area contributed by atoms with Crippen LogP contribution in [0.2, 0.25) is 0 Å². The van der Waals surface area contributed by atoms with Crippen molar-refractivity contribution in [3.63, 3.8) is 0 Å². The molecule has 1 fully saturated rings. The Balaban J connectivity index is 1.49. The van der Waals surface area contributed by atoms with Gasteiger partial charge in [0.15, 0.2) is 0 Å². The number of nitriles is 1. The summed E-state index contributed by atoms with van der Waals surface area (Å²) in [6, 6.07) is 20.3. The van der Waals surface area contributed by atoms with Crippen LogP contribution in [0.3, 0.4) is 0 Å². The summed E-state index contributed by atoms with van der Waals surface area (Å²) < 4.78 is 0. The predicted molar refractivity (Wildman–Crippen MR) is 117 cm³/mol. The molecule has 3 aromatic rings. The maximum atomic E-state index is 9.30. The molecule has 0 spiro atoms. The molecule has 1 saturated heterocycles. The normalized spacial score (nSPS) is 13.8. The Morgan fingerprint density at radius 3 is 2.41 bits per heavy atom. The minimum absolute atomic E-state index is 0.517. The molecule has 1 aromatic heterocycles. The number of benzene rings is 2. The Hall–Kier alpha value is -3.59. The van der Waals surface area contributed by atoms with Crippen LogP contribution in [0.4, 0.5) is 23.1 Å². The molecule has 2 aromatic carbocycles. The summed E-state index contributed by atoms with van der Waals surface area (Å²) in [5, 5.41) is 12.5. The van der Waals surface area contributed by atoms with Crippen molar-refractivity contribution in [2.45, 2.75) is 13.8 Å². The van der Waals surface area contributed by atoms with Gasteiger partial charge >= 0.3 is 0 Å². The molecule has 0 atom stereocenters. The number of anilines is 4. The fourth-order valence-electron chi connectivity index (χ4n) is 3.60. The highest BCUT2D eigenvalue weighted by atomic mass is 15.3. The first-order valence-corrected chi connectivity index (χ1v) is 9.81. The Morgan fingerprint density at radius 1 is 0.897 bits per heavy atom. The van der Waals surface area contributed by atoms with Gasteiger partial charge in [0.25, 0.3) is 0 Å². The van der Waals surface area contributed by atoms with E-state index in [4.69, 9.17) is 4.98 Å². The zero-order chi connectivity index (χ0) is 20.2. The highest BCUT2D eigenvalue weighted by Gasteiger charge is 2.19. The van der Waals surface area contributed by atoms with Gasteiger partial charge in [0.2, 0.25) is 5.95 Å². The van der Waals surface area contributed by atoms with Crippen LogP contribution in [-0.4, -0.2) is 36.1 Å². The van der Waals surface area contributed by atoms with E-state index in [1.807, 2.05) is 31.2 Å². The molecular formula is C23H24N6. The predicted octanol–water partition coefficient (Wildman–Crippen LogP) is 4.04. The molecule has 0 amide bonds. The maximum absolute atomic E-state index is 9.30. The van der Waals surface area contributed by atoms with Crippen LogP contribution < -0.4 is 15.1 Å². The first-order valence-electron chi connectivity index (χ1n) is 9.81. The van der Waals surface area contributed by atoms with E-state index in [1.165, 1.54) is 11.3 Å². The van der Waals surface area contributed by atoms with E-state index in [2.05, 4.69) is 57.4 Å². The molecule has 2 heterocycles. The Morgan fingerprint density at radius 2 is 1.66 bits per heavy atom. The minimum Gasteiger partial charge on any atom is -0.368 e. The monoisotopic (exact) mass is 384 g/mol. The second-order valence-electron chi connectivity index (χ2n) is 7.29. The number of hydrogen-bond donors (Lipinski definition) is 1. The quantitative estimate of drug-likeness (QED) is 0.732. The first kappa shape index (κ1) is 18.8. The van der Waals surface area contributed by atoms with E-state index in [9.17, 15) is 5.26 Å². The molecule has 0 bridgehead atoms. The van der Waals surface area contributed by atoms with E-state index in [0.29, 0.717) is 11.5 Å². The zero-order valence-corrected chi connectivity index (χ0v) is 16.8. The molecule has 0 unspecified atom stereocenters. The second kappa shape index (κ2) is 8.19. The van der Waals surface area contributed by atoms with Crippen molar-refractivity contribution in [2.24, 2.45) is 0 Å². The lowest BCUT2D eigenvalue weighted by Gasteiger charge is -2.37. The van der Waals surface area contributed by atoms with Crippen molar-refractivity contribution < 1.29 is 0 Å². The molecule has 4 rings (SSSR count). The minimum atomic E-state index is 0.517. The van der Waals surface area contributed by atoms with E-state index in [1.54, 1.807) is 6.07 Å². The van der Waals surface area contributed by atoms with Crippen molar-refractivity contribution >= 4 is 23.1 Å². The molecule has 0 aliphatic carbocycles. The van der Waals surface area contributed by atoms with Crippen LogP contribution in [0.25, 0.3) is 0 Å². The zero-order valence-electron chi connectivity index (χ0n) is 16.8. The molecule has 6 nitrogen and oxygen atoms in total. The van der Waals surface area contributed by atoms with Crippen LogP contribution in [0.15, 0.2) is 54.6 Å². The summed E-state index contributed by atoms with van der Waals surface area (Å²) in [4.78, 5) is 13.9. The highest BCUT2D eigenvalue weighted by Crippen LogP contribution is 2.23. The van der Waals surface area contributed by atoms with Crippen molar-refractivity contribution in [1.29, 1.82) is 5.26 Å². The largest absolute Gasteiger partial charge is 0.368 e. The number of aryl methyl sites for hydroxylation is 2. The van der Waals surface area contributed by atoms with Gasteiger partial charge in [-0.25, -0.2) is 4.98 Å². The van der Waals surface area contributed by atoms with E-state index >= 15 is 0 Å². The molecule has 0 radical (unpaired) electrons. The van der Waals surface area contributed by atoms with Crippen LogP contribution in [0, 0.1) is 25.2 Å². The number of rotatable bonds is 4. The fraction of sp³-hybridized carbons (Fsp3) is 0.261. The van der Waals surface area contributed by atoms with Gasteiger partial charge in [-0.1, -0.05) is 24.3 Å². The van der Waals surface area contributed by atoms with Gasteiger partial charge in [0.1, 0.15) is 11.9 Å². The van der Waals surface area contributed by atoms with Crippen LogP contribution in [0.1, 0.15) is 16.8 Å². The van der Waals surface area contributed by atoms with Gasteiger partial charge in [-0.3, -0.25) is 0 Å². The van der Waals surface area contributed by atoms with Crippen LogP contribution in [-0.2, 0) is 0 Å². The Kier molecular flexibility index (Phi) is 5.30.